The molecule has 0 spiro atoms. The maximum absolute atomic E-state index is 11.9. The van der Waals surface area contributed by atoms with E-state index in [0.29, 0.717) is 30.3 Å². The van der Waals surface area contributed by atoms with Crippen molar-refractivity contribution >= 4 is 6.09 Å². The normalized spacial score (nSPS) is 17.7. The summed E-state index contributed by atoms with van der Waals surface area (Å²) in [4.78, 5) is 13.6. The molecule has 0 saturated carbocycles. The highest BCUT2D eigenvalue weighted by atomic mass is 16.7. The molecule has 1 amide bonds. The quantitative estimate of drug-likeness (QED) is 0.799. The molecule has 0 atom stereocenters. The molecule has 1 saturated heterocycles. The first-order chi connectivity index (χ1) is 8.83. The van der Waals surface area contributed by atoms with Crippen LogP contribution in [0.5, 0.6) is 17.2 Å². The number of nitrogens with zero attached hydrogens (tertiary/aromatic N) is 1. The van der Waals surface area contributed by atoms with Gasteiger partial charge in [0, 0.05) is 32.2 Å². The fourth-order valence-electron chi connectivity index (χ4n) is 1.95. The Bertz CT molecular complexity index is 457. The van der Waals surface area contributed by atoms with E-state index >= 15 is 0 Å². The molecule has 2 aliphatic heterocycles. The molecule has 1 fully saturated rings. The van der Waals surface area contributed by atoms with Crippen molar-refractivity contribution in [2.45, 2.75) is 0 Å². The average molecular weight is 250 g/mol. The van der Waals surface area contributed by atoms with Crippen LogP contribution in [-0.2, 0) is 0 Å². The third kappa shape index (κ3) is 2.19. The van der Waals surface area contributed by atoms with Gasteiger partial charge in [-0.2, -0.15) is 0 Å². The first kappa shape index (κ1) is 11.2. The van der Waals surface area contributed by atoms with E-state index in [1.165, 1.54) is 0 Å². The summed E-state index contributed by atoms with van der Waals surface area (Å²) in [6.45, 7) is 3.16. The lowest BCUT2D eigenvalue weighted by Gasteiger charge is -2.26. The van der Waals surface area contributed by atoms with Crippen molar-refractivity contribution in [3.8, 4) is 17.2 Å². The number of benzene rings is 1. The lowest BCUT2D eigenvalue weighted by atomic mass is 10.3. The molecule has 1 N–H and O–H groups in total. The summed E-state index contributed by atoms with van der Waals surface area (Å²) < 4.78 is 15.7. The van der Waals surface area contributed by atoms with Crippen LogP contribution in [0.3, 0.4) is 0 Å². The van der Waals surface area contributed by atoms with Crippen molar-refractivity contribution in [1.29, 1.82) is 0 Å². The molecule has 2 heterocycles. The summed E-state index contributed by atoms with van der Waals surface area (Å²) in [6, 6.07) is 5.11. The second kappa shape index (κ2) is 4.73. The minimum atomic E-state index is -0.324. The Hall–Kier alpha value is -1.95. The summed E-state index contributed by atoms with van der Waals surface area (Å²) in [7, 11) is 0. The van der Waals surface area contributed by atoms with Gasteiger partial charge in [0.25, 0.3) is 0 Å². The van der Waals surface area contributed by atoms with Gasteiger partial charge in [0.1, 0.15) is 5.75 Å². The van der Waals surface area contributed by atoms with Crippen LogP contribution in [0.25, 0.3) is 0 Å². The Kier molecular flexibility index (Phi) is 2.93. The maximum Gasteiger partial charge on any atom is 0.415 e. The minimum absolute atomic E-state index is 0.213. The number of ether oxygens (including phenoxy) is 3. The molecule has 18 heavy (non-hydrogen) atoms. The molecule has 2 aliphatic rings. The molecule has 96 valence electrons. The van der Waals surface area contributed by atoms with E-state index < -0.39 is 0 Å². The molecule has 6 heteroatoms. The Morgan fingerprint density at radius 3 is 2.83 bits per heavy atom. The maximum atomic E-state index is 11.9. The van der Waals surface area contributed by atoms with E-state index in [0.717, 1.165) is 13.1 Å². The van der Waals surface area contributed by atoms with Crippen molar-refractivity contribution < 1.29 is 19.0 Å². The summed E-state index contributed by atoms with van der Waals surface area (Å²) in [5.74, 6) is 1.76. The summed E-state index contributed by atoms with van der Waals surface area (Å²) in [5, 5.41) is 3.18. The van der Waals surface area contributed by atoms with Gasteiger partial charge in [-0.15, -0.1) is 0 Å². The second-order valence-electron chi connectivity index (χ2n) is 4.12. The van der Waals surface area contributed by atoms with Gasteiger partial charge < -0.3 is 24.4 Å². The number of carbonyl (C=O) groups is 1. The molecule has 0 aliphatic carbocycles. The highest BCUT2D eigenvalue weighted by Gasteiger charge is 2.20. The van der Waals surface area contributed by atoms with Crippen LogP contribution in [0, 0.1) is 0 Å². The van der Waals surface area contributed by atoms with Crippen LogP contribution < -0.4 is 19.5 Å². The van der Waals surface area contributed by atoms with Crippen molar-refractivity contribution in [2.24, 2.45) is 0 Å². The van der Waals surface area contributed by atoms with Crippen LogP contribution in [0.15, 0.2) is 18.2 Å². The summed E-state index contributed by atoms with van der Waals surface area (Å²) in [6.07, 6.45) is -0.324. The van der Waals surface area contributed by atoms with E-state index in [-0.39, 0.29) is 12.9 Å². The molecular formula is C12H14N2O4. The fourth-order valence-corrected chi connectivity index (χ4v) is 1.95. The predicted octanol–water partition coefficient (Wildman–Crippen LogP) is 0.819. The lowest BCUT2D eigenvalue weighted by Crippen LogP contribution is -2.47. The van der Waals surface area contributed by atoms with Crippen molar-refractivity contribution in [3.63, 3.8) is 0 Å². The molecular weight excluding hydrogens is 236 g/mol. The Labute approximate surface area is 104 Å². The largest absolute Gasteiger partial charge is 0.454 e. The van der Waals surface area contributed by atoms with Gasteiger partial charge in [-0.05, 0) is 12.1 Å². The number of amides is 1. The number of hydrogen-bond acceptors (Lipinski definition) is 5. The average Bonchev–Trinajstić information content (AvgIpc) is 2.87. The van der Waals surface area contributed by atoms with Crippen molar-refractivity contribution in [3.05, 3.63) is 18.2 Å². The first-order valence-corrected chi connectivity index (χ1v) is 5.90. The molecule has 3 rings (SSSR count). The third-order valence-corrected chi connectivity index (χ3v) is 2.92. The standard InChI is InChI=1S/C12H14N2O4/c15-12(14-5-3-13-4-6-14)18-9-1-2-10-11(7-9)17-8-16-10/h1-2,7,13H,3-6,8H2. The second-order valence-corrected chi connectivity index (χ2v) is 4.12. The van der Waals surface area contributed by atoms with Gasteiger partial charge in [-0.1, -0.05) is 0 Å². The van der Waals surface area contributed by atoms with Crippen LogP contribution in [0.4, 0.5) is 4.79 Å². The minimum Gasteiger partial charge on any atom is -0.454 e. The highest BCUT2D eigenvalue weighted by Crippen LogP contribution is 2.35. The fraction of sp³-hybridized carbons (Fsp3) is 0.417. The van der Waals surface area contributed by atoms with E-state index in [4.69, 9.17) is 14.2 Å². The zero-order valence-corrected chi connectivity index (χ0v) is 9.85. The van der Waals surface area contributed by atoms with Crippen LogP contribution in [0.2, 0.25) is 0 Å². The van der Waals surface area contributed by atoms with E-state index in [1.807, 2.05) is 0 Å². The number of piperazine rings is 1. The van der Waals surface area contributed by atoms with Gasteiger partial charge >= 0.3 is 6.09 Å². The topological polar surface area (TPSA) is 60.0 Å². The highest BCUT2D eigenvalue weighted by molar-refractivity contribution is 5.71. The van der Waals surface area contributed by atoms with Crippen LogP contribution in [-0.4, -0.2) is 44.0 Å². The molecule has 6 nitrogen and oxygen atoms in total. The van der Waals surface area contributed by atoms with E-state index in [2.05, 4.69) is 5.32 Å². The van der Waals surface area contributed by atoms with Gasteiger partial charge in [0.2, 0.25) is 6.79 Å². The molecule has 0 unspecified atom stereocenters. The molecule has 1 aromatic carbocycles. The first-order valence-electron chi connectivity index (χ1n) is 5.90. The van der Waals surface area contributed by atoms with Gasteiger partial charge in [-0.3, -0.25) is 0 Å². The number of carbonyl (C=O) groups excluding carboxylic acids is 1. The molecule has 0 radical (unpaired) electrons. The molecule has 0 aromatic heterocycles. The van der Waals surface area contributed by atoms with Gasteiger partial charge in [-0.25, -0.2) is 4.79 Å². The third-order valence-electron chi connectivity index (χ3n) is 2.92. The van der Waals surface area contributed by atoms with E-state index in [9.17, 15) is 4.79 Å². The van der Waals surface area contributed by atoms with Gasteiger partial charge in [0.05, 0.1) is 0 Å². The Morgan fingerprint density at radius 1 is 1.22 bits per heavy atom. The Balaban J connectivity index is 1.66. The number of hydrogen-bond donors (Lipinski definition) is 1. The number of nitrogens with one attached hydrogen (secondary N) is 1. The smallest absolute Gasteiger partial charge is 0.415 e. The monoisotopic (exact) mass is 250 g/mol. The van der Waals surface area contributed by atoms with Crippen molar-refractivity contribution in [1.82, 2.24) is 10.2 Å². The summed E-state index contributed by atoms with van der Waals surface area (Å²) >= 11 is 0. The predicted molar refractivity (Wildman–Crippen MR) is 63.0 cm³/mol. The molecule has 0 bridgehead atoms. The van der Waals surface area contributed by atoms with E-state index in [1.54, 1.807) is 23.1 Å². The van der Waals surface area contributed by atoms with Crippen LogP contribution in [0.1, 0.15) is 0 Å². The number of rotatable bonds is 1. The van der Waals surface area contributed by atoms with Gasteiger partial charge in [0.15, 0.2) is 11.5 Å². The SMILES string of the molecule is O=C(Oc1ccc2c(c1)OCO2)N1CCNCC1. The zero-order valence-electron chi connectivity index (χ0n) is 9.85. The Morgan fingerprint density at radius 2 is 2.00 bits per heavy atom. The van der Waals surface area contributed by atoms with Crippen molar-refractivity contribution in [2.75, 3.05) is 33.0 Å². The summed E-state index contributed by atoms with van der Waals surface area (Å²) in [5.41, 5.74) is 0. The van der Waals surface area contributed by atoms with Crippen LogP contribution >= 0.6 is 0 Å². The lowest BCUT2D eigenvalue weighted by molar-refractivity contribution is 0.145. The zero-order chi connectivity index (χ0) is 12.4. The molecule has 1 aromatic rings. The number of fused-ring (bicyclic) bond motifs is 1.